The third kappa shape index (κ3) is 2.10. The van der Waals surface area contributed by atoms with Gasteiger partial charge in [-0.05, 0) is 11.4 Å². The second-order valence-corrected chi connectivity index (χ2v) is 4.79. The van der Waals surface area contributed by atoms with Crippen LogP contribution in [0.3, 0.4) is 0 Å². The van der Waals surface area contributed by atoms with E-state index in [-0.39, 0.29) is 0 Å². The van der Waals surface area contributed by atoms with Gasteiger partial charge in [-0.25, -0.2) is 0 Å². The maximum Gasteiger partial charge on any atom is 0.0733 e. The van der Waals surface area contributed by atoms with E-state index in [0.29, 0.717) is 0 Å². The summed E-state index contributed by atoms with van der Waals surface area (Å²) in [6.45, 7) is 0. The Kier molecular flexibility index (Phi) is 2.65. The third-order valence-electron chi connectivity index (χ3n) is 1.67. The van der Waals surface area contributed by atoms with Crippen LogP contribution < -0.4 is 0 Å². The Morgan fingerprint density at radius 1 is 1.62 bits per heavy atom. The van der Waals surface area contributed by atoms with Crippen LogP contribution in [0.4, 0.5) is 0 Å². The zero-order chi connectivity index (χ0) is 9.10. The highest BCUT2D eigenvalue weighted by molar-refractivity contribution is 8.00. The number of hydrogen-bond donors (Lipinski definition) is 0. The molecule has 0 atom stereocenters. The van der Waals surface area contributed by atoms with Crippen LogP contribution in [-0.2, 0) is 12.8 Å². The topological polar surface area (TPSA) is 30.7 Å². The van der Waals surface area contributed by atoms with Gasteiger partial charge in [0.05, 0.1) is 16.1 Å². The number of rotatable bonds is 3. The lowest BCUT2D eigenvalue weighted by atomic mass is 10.5. The molecule has 2 heterocycles. The van der Waals surface area contributed by atoms with E-state index in [1.165, 1.54) is 4.21 Å². The highest BCUT2D eigenvalue weighted by Gasteiger charge is 2.01. The molecule has 5 heteroatoms. The van der Waals surface area contributed by atoms with Gasteiger partial charge in [0.15, 0.2) is 0 Å². The first kappa shape index (κ1) is 8.77. The molecule has 0 aliphatic heterocycles. The third-order valence-corrected chi connectivity index (χ3v) is 3.83. The van der Waals surface area contributed by atoms with Crippen LogP contribution in [0.25, 0.3) is 0 Å². The average molecular weight is 211 g/mol. The molecule has 0 unspecified atom stereocenters. The molecule has 0 saturated carbocycles. The van der Waals surface area contributed by atoms with Crippen molar-refractivity contribution in [3.8, 4) is 0 Å². The van der Waals surface area contributed by atoms with Crippen molar-refractivity contribution >= 4 is 23.1 Å². The molecule has 0 amide bonds. The van der Waals surface area contributed by atoms with E-state index < -0.39 is 0 Å². The van der Waals surface area contributed by atoms with Crippen molar-refractivity contribution in [2.45, 2.75) is 9.96 Å². The molecule has 0 fully saturated rings. The summed E-state index contributed by atoms with van der Waals surface area (Å²) in [5.41, 5.74) is 1.15. The largest absolute Gasteiger partial charge is 0.252 e. The van der Waals surface area contributed by atoms with Crippen LogP contribution >= 0.6 is 23.1 Å². The molecule has 68 valence electrons. The first-order chi connectivity index (χ1) is 6.36. The van der Waals surface area contributed by atoms with Gasteiger partial charge in [-0.1, -0.05) is 11.3 Å². The number of nitrogens with zero attached hydrogens (tertiary/aromatic N) is 3. The van der Waals surface area contributed by atoms with Gasteiger partial charge in [0.2, 0.25) is 0 Å². The highest BCUT2D eigenvalue weighted by Crippen LogP contribution is 2.26. The van der Waals surface area contributed by atoms with Crippen molar-refractivity contribution in [3.63, 3.8) is 0 Å². The van der Waals surface area contributed by atoms with Gasteiger partial charge >= 0.3 is 0 Å². The Hall–Kier alpha value is -0.810. The molecule has 0 N–H and O–H groups in total. The summed E-state index contributed by atoms with van der Waals surface area (Å²) in [4.78, 5) is 0. The lowest BCUT2D eigenvalue weighted by Gasteiger charge is -1.97. The molecule has 0 aliphatic rings. The van der Waals surface area contributed by atoms with Crippen LogP contribution in [0.2, 0.25) is 0 Å². The molecule has 13 heavy (non-hydrogen) atoms. The predicted molar refractivity (Wildman–Crippen MR) is 54.9 cm³/mol. The van der Waals surface area contributed by atoms with Crippen molar-refractivity contribution in [1.29, 1.82) is 0 Å². The van der Waals surface area contributed by atoms with Crippen LogP contribution in [0.5, 0.6) is 0 Å². The lowest BCUT2D eigenvalue weighted by molar-refractivity contribution is 0.694. The minimum Gasteiger partial charge on any atom is -0.252 e. The molecule has 2 rings (SSSR count). The number of thioether (sulfide) groups is 1. The first-order valence-corrected chi connectivity index (χ1v) is 5.72. The van der Waals surface area contributed by atoms with Gasteiger partial charge in [0, 0.05) is 12.8 Å². The number of aryl methyl sites for hydroxylation is 1. The minimum atomic E-state index is 0.935. The van der Waals surface area contributed by atoms with Crippen molar-refractivity contribution < 1.29 is 0 Å². The highest BCUT2D eigenvalue weighted by atomic mass is 32.2. The number of hydrogen-bond acceptors (Lipinski definition) is 4. The number of thiophene rings is 1. The second kappa shape index (κ2) is 3.93. The Morgan fingerprint density at radius 2 is 2.54 bits per heavy atom. The predicted octanol–water partition coefficient (Wildman–Crippen LogP) is 2.17. The normalized spacial score (nSPS) is 10.5. The van der Waals surface area contributed by atoms with Gasteiger partial charge in [-0.15, -0.1) is 28.2 Å². The monoisotopic (exact) mass is 211 g/mol. The van der Waals surface area contributed by atoms with Crippen molar-refractivity contribution in [2.75, 3.05) is 0 Å². The fourth-order valence-corrected chi connectivity index (χ4v) is 2.72. The van der Waals surface area contributed by atoms with E-state index in [1.807, 2.05) is 18.8 Å². The van der Waals surface area contributed by atoms with Crippen LogP contribution in [0, 0.1) is 0 Å². The Balaban J connectivity index is 1.97. The SMILES string of the molecule is Cn1nncc1CSc1cccs1. The van der Waals surface area contributed by atoms with Crippen LogP contribution in [-0.4, -0.2) is 15.0 Å². The Morgan fingerprint density at radius 3 is 3.15 bits per heavy atom. The van der Waals surface area contributed by atoms with E-state index in [0.717, 1.165) is 11.4 Å². The van der Waals surface area contributed by atoms with E-state index in [1.54, 1.807) is 22.2 Å². The zero-order valence-corrected chi connectivity index (χ0v) is 8.81. The van der Waals surface area contributed by atoms with Crippen LogP contribution in [0.15, 0.2) is 27.9 Å². The molecular formula is C8H9N3S2. The molecule has 0 saturated heterocycles. The minimum absolute atomic E-state index is 0.935. The van der Waals surface area contributed by atoms with E-state index in [2.05, 4.69) is 27.8 Å². The molecule has 2 aromatic rings. The maximum atomic E-state index is 3.87. The summed E-state index contributed by atoms with van der Waals surface area (Å²) in [5.74, 6) is 0.935. The summed E-state index contributed by atoms with van der Waals surface area (Å²) in [7, 11) is 1.91. The summed E-state index contributed by atoms with van der Waals surface area (Å²) in [5, 5.41) is 9.79. The first-order valence-electron chi connectivity index (χ1n) is 3.86. The summed E-state index contributed by atoms with van der Waals surface area (Å²) < 4.78 is 3.14. The quantitative estimate of drug-likeness (QED) is 0.729. The average Bonchev–Trinajstić information content (AvgIpc) is 2.72. The Bertz CT molecular complexity index is 366. The molecule has 3 nitrogen and oxygen atoms in total. The molecular weight excluding hydrogens is 202 g/mol. The van der Waals surface area contributed by atoms with E-state index in [9.17, 15) is 0 Å². The maximum absolute atomic E-state index is 3.87. The van der Waals surface area contributed by atoms with Crippen molar-refractivity contribution in [3.05, 3.63) is 29.4 Å². The molecule has 0 radical (unpaired) electrons. The number of aromatic nitrogens is 3. The molecule has 0 bridgehead atoms. The van der Waals surface area contributed by atoms with Gasteiger partial charge in [0.25, 0.3) is 0 Å². The molecule has 0 spiro atoms. The molecule has 2 aromatic heterocycles. The fraction of sp³-hybridized carbons (Fsp3) is 0.250. The second-order valence-electron chi connectivity index (χ2n) is 2.57. The molecule has 0 aromatic carbocycles. The van der Waals surface area contributed by atoms with Gasteiger partial charge in [-0.2, -0.15) is 0 Å². The van der Waals surface area contributed by atoms with Crippen LogP contribution in [0.1, 0.15) is 5.69 Å². The zero-order valence-electron chi connectivity index (χ0n) is 7.17. The summed E-state index contributed by atoms with van der Waals surface area (Å²) in [6.07, 6.45) is 1.81. The van der Waals surface area contributed by atoms with E-state index in [4.69, 9.17) is 0 Å². The fourth-order valence-electron chi connectivity index (χ4n) is 0.932. The Labute approximate surface area is 84.8 Å². The van der Waals surface area contributed by atoms with Gasteiger partial charge in [-0.3, -0.25) is 4.68 Å². The van der Waals surface area contributed by atoms with Crippen molar-refractivity contribution in [1.82, 2.24) is 15.0 Å². The lowest BCUT2D eigenvalue weighted by Crippen LogP contribution is -1.95. The summed E-state index contributed by atoms with van der Waals surface area (Å²) in [6, 6.07) is 4.19. The van der Waals surface area contributed by atoms with Gasteiger partial charge < -0.3 is 0 Å². The van der Waals surface area contributed by atoms with E-state index >= 15 is 0 Å². The standard InChI is InChI=1S/C8H9N3S2/c1-11-7(5-9-10-11)6-13-8-3-2-4-12-8/h2-5H,6H2,1H3. The van der Waals surface area contributed by atoms with Crippen molar-refractivity contribution in [2.24, 2.45) is 7.05 Å². The van der Waals surface area contributed by atoms with Gasteiger partial charge in [0.1, 0.15) is 0 Å². The molecule has 0 aliphatic carbocycles. The smallest absolute Gasteiger partial charge is 0.0733 e. The summed E-state index contributed by atoms with van der Waals surface area (Å²) >= 11 is 3.58.